The second-order valence-electron chi connectivity index (χ2n) is 6.91. The van der Waals surface area contributed by atoms with E-state index in [1.807, 2.05) is 24.3 Å². The molecule has 10 heteroatoms. The van der Waals surface area contributed by atoms with Gasteiger partial charge in [0.1, 0.15) is 0 Å². The lowest BCUT2D eigenvalue weighted by atomic mass is 10.0. The fourth-order valence-electron chi connectivity index (χ4n) is 3.52. The van der Waals surface area contributed by atoms with Crippen LogP contribution in [-0.4, -0.2) is 76.7 Å². The Labute approximate surface area is 189 Å². The summed E-state index contributed by atoms with van der Waals surface area (Å²) in [5, 5.41) is 7.31. The summed E-state index contributed by atoms with van der Waals surface area (Å²) in [6.45, 7) is 3.82. The molecule has 1 aromatic rings. The molecular weight excluding hydrogens is 515 g/mol. The first-order chi connectivity index (χ1) is 13.0. The maximum atomic E-state index is 11.7. The number of morpholine rings is 1. The van der Waals surface area contributed by atoms with Crippen molar-refractivity contribution in [1.82, 2.24) is 15.5 Å². The van der Waals surface area contributed by atoms with E-state index in [4.69, 9.17) is 16.3 Å². The van der Waals surface area contributed by atoms with Gasteiger partial charge in [0.25, 0.3) is 0 Å². The zero-order chi connectivity index (χ0) is 19.3. The highest BCUT2D eigenvalue weighted by Crippen LogP contribution is 2.23. The maximum Gasteiger partial charge on any atom is 0.191 e. The Morgan fingerprint density at radius 1 is 1.32 bits per heavy atom. The van der Waals surface area contributed by atoms with Crippen molar-refractivity contribution in [2.24, 2.45) is 4.99 Å². The van der Waals surface area contributed by atoms with E-state index in [0.29, 0.717) is 23.9 Å². The molecular formula is C18H28ClIN4O3S. The first kappa shape index (κ1) is 23.7. The molecule has 3 rings (SSSR count). The average molecular weight is 543 g/mol. The highest BCUT2D eigenvalue weighted by atomic mass is 127. The Morgan fingerprint density at radius 2 is 2.00 bits per heavy atom. The molecule has 2 aliphatic heterocycles. The van der Waals surface area contributed by atoms with Crippen molar-refractivity contribution < 1.29 is 13.2 Å². The minimum atomic E-state index is -2.92. The molecule has 2 unspecified atom stereocenters. The van der Waals surface area contributed by atoms with Gasteiger partial charge in [-0.1, -0.05) is 23.7 Å². The van der Waals surface area contributed by atoms with Gasteiger partial charge in [0.15, 0.2) is 15.8 Å². The Balaban J connectivity index is 0.00000280. The molecule has 2 heterocycles. The molecule has 2 N–H and O–H groups in total. The number of sulfone groups is 1. The molecule has 2 aliphatic rings. The lowest BCUT2D eigenvalue weighted by Gasteiger charge is -2.35. The Morgan fingerprint density at radius 3 is 2.57 bits per heavy atom. The largest absolute Gasteiger partial charge is 0.379 e. The number of benzene rings is 1. The number of aliphatic imine (C=N–C) groups is 1. The van der Waals surface area contributed by atoms with Crippen molar-refractivity contribution in [3.05, 3.63) is 34.9 Å². The minimum Gasteiger partial charge on any atom is -0.379 e. The van der Waals surface area contributed by atoms with Gasteiger partial charge in [0, 0.05) is 37.7 Å². The van der Waals surface area contributed by atoms with Crippen LogP contribution < -0.4 is 10.6 Å². The van der Waals surface area contributed by atoms with E-state index in [1.54, 1.807) is 7.05 Å². The van der Waals surface area contributed by atoms with Crippen LogP contribution >= 0.6 is 35.6 Å². The predicted molar refractivity (Wildman–Crippen MR) is 124 cm³/mol. The zero-order valence-electron chi connectivity index (χ0n) is 15.9. The van der Waals surface area contributed by atoms with Crippen LogP contribution in [0, 0.1) is 0 Å². The minimum absolute atomic E-state index is 0. The molecule has 2 atom stereocenters. The van der Waals surface area contributed by atoms with Gasteiger partial charge in [-0.3, -0.25) is 9.89 Å². The lowest BCUT2D eigenvalue weighted by Crippen LogP contribution is -2.48. The number of hydrogen-bond donors (Lipinski definition) is 2. The molecule has 0 aliphatic carbocycles. The van der Waals surface area contributed by atoms with Gasteiger partial charge in [-0.2, -0.15) is 0 Å². The van der Waals surface area contributed by atoms with E-state index >= 15 is 0 Å². The third-order valence-electron chi connectivity index (χ3n) is 5.00. The number of nitrogens with one attached hydrogen (secondary N) is 2. The standard InChI is InChI=1S/C18H27ClN4O3S.HI/c1-20-18(22-16-6-11-27(24,25)13-16)21-12-17(23-7-9-26-10-8-23)14-2-4-15(19)5-3-14;/h2-5,16-17H,6-13H2,1H3,(H2,20,21,22);1H. The summed E-state index contributed by atoms with van der Waals surface area (Å²) in [5.74, 6) is 1.03. The number of rotatable bonds is 5. The molecule has 0 spiro atoms. The lowest BCUT2D eigenvalue weighted by molar-refractivity contribution is 0.0170. The van der Waals surface area contributed by atoms with Gasteiger partial charge < -0.3 is 15.4 Å². The van der Waals surface area contributed by atoms with Crippen LogP contribution in [-0.2, 0) is 14.6 Å². The highest BCUT2D eigenvalue weighted by molar-refractivity contribution is 14.0. The SMILES string of the molecule is CN=C(NCC(c1ccc(Cl)cc1)N1CCOCC1)NC1CCS(=O)(=O)C1.I. The van der Waals surface area contributed by atoms with Gasteiger partial charge in [-0.05, 0) is 24.1 Å². The van der Waals surface area contributed by atoms with Crippen LogP contribution in [0.15, 0.2) is 29.3 Å². The van der Waals surface area contributed by atoms with Crippen molar-refractivity contribution in [3.63, 3.8) is 0 Å². The third-order valence-corrected chi connectivity index (χ3v) is 7.02. The number of halogens is 2. The molecule has 2 saturated heterocycles. The van der Waals surface area contributed by atoms with E-state index in [0.717, 1.165) is 26.3 Å². The first-order valence-electron chi connectivity index (χ1n) is 9.22. The van der Waals surface area contributed by atoms with E-state index < -0.39 is 9.84 Å². The van der Waals surface area contributed by atoms with Gasteiger partial charge in [0.05, 0.1) is 30.8 Å². The quantitative estimate of drug-likeness (QED) is 0.335. The number of hydrogen-bond acceptors (Lipinski definition) is 5. The summed E-state index contributed by atoms with van der Waals surface area (Å²) in [6.07, 6.45) is 0.618. The van der Waals surface area contributed by atoms with Crippen molar-refractivity contribution >= 4 is 51.4 Å². The molecule has 28 heavy (non-hydrogen) atoms. The second kappa shape index (κ2) is 11.0. The highest BCUT2D eigenvalue weighted by Gasteiger charge is 2.29. The van der Waals surface area contributed by atoms with Gasteiger partial charge in [-0.15, -0.1) is 24.0 Å². The molecule has 1 aromatic carbocycles. The number of ether oxygens (including phenoxy) is 1. The predicted octanol–water partition coefficient (Wildman–Crippen LogP) is 1.68. The Kier molecular flexibility index (Phi) is 9.26. The molecule has 0 radical (unpaired) electrons. The number of nitrogens with zero attached hydrogens (tertiary/aromatic N) is 2. The monoisotopic (exact) mass is 542 g/mol. The van der Waals surface area contributed by atoms with Crippen molar-refractivity contribution in [3.8, 4) is 0 Å². The van der Waals surface area contributed by atoms with Crippen molar-refractivity contribution in [1.29, 1.82) is 0 Å². The van der Waals surface area contributed by atoms with Gasteiger partial charge >= 0.3 is 0 Å². The fourth-order valence-corrected chi connectivity index (χ4v) is 5.32. The van der Waals surface area contributed by atoms with E-state index in [9.17, 15) is 8.42 Å². The van der Waals surface area contributed by atoms with E-state index in [1.165, 1.54) is 5.56 Å². The Hall–Kier alpha value is -0.620. The van der Waals surface area contributed by atoms with Crippen LogP contribution in [0.5, 0.6) is 0 Å². The molecule has 0 saturated carbocycles. The van der Waals surface area contributed by atoms with Crippen LogP contribution in [0.2, 0.25) is 5.02 Å². The summed E-state index contributed by atoms with van der Waals surface area (Å²) in [7, 11) is -1.23. The molecule has 0 bridgehead atoms. The molecule has 158 valence electrons. The molecule has 0 aromatic heterocycles. The normalized spacial score (nSPS) is 23.6. The maximum absolute atomic E-state index is 11.7. The number of guanidine groups is 1. The summed E-state index contributed by atoms with van der Waals surface area (Å²) in [5.41, 5.74) is 1.17. The molecule has 0 amide bonds. The zero-order valence-corrected chi connectivity index (χ0v) is 19.8. The summed E-state index contributed by atoms with van der Waals surface area (Å²) in [6, 6.07) is 7.96. The van der Waals surface area contributed by atoms with E-state index in [2.05, 4.69) is 20.5 Å². The van der Waals surface area contributed by atoms with Gasteiger partial charge in [-0.25, -0.2) is 8.42 Å². The van der Waals surface area contributed by atoms with Crippen LogP contribution in [0.3, 0.4) is 0 Å². The third kappa shape index (κ3) is 6.72. The summed E-state index contributed by atoms with van der Waals surface area (Å²) >= 11 is 6.04. The molecule has 7 nitrogen and oxygen atoms in total. The summed E-state index contributed by atoms with van der Waals surface area (Å²) in [4.78, 5) is 6.64. The topological polar surface area (TPSA) is 83.0 Å². The fraction of sp³-hybridized carbons (Fsp3) is 0.611. The van der Waals surface area contributed by atoms with Crippen molar-refractivity contribution in [2.45, 2.75) is 18.5 Å². The second-order valence-corrected chi connectivity index (χ2v) is 9.58. The van der Waals surface area contributed by atoms with Gasteiger partial charge in [0.2, 0.25) is 0 Å². The smallest absolute Gasteiger partial charge is 0.191 e. The first-order valence-corrected chi connectivity index (χ1v) is 11.4. The van der Waals surface area contributed by atoms with Crippen molar-refractivity contribution in [2.75, 3.05) is 51.4 Å². The van der Waals surface area contributed by atoms with Crippen LogP contribution in [0.25, 0.3) is 0 Å². The van der Waals surface area contributed by atoms with Crippen LogP contribution in [0.1, 0.15) is 18.0 Å². The summed E-state index contributed by atoms with van der Waals surface area (Å²) < 4.78 is 28.8. The molecule has 2 fully saturated rings. The Bertz CT molecular complexity index is 755. The average Bonchev–Trinajstić information content (AvgIpc) is 3.01. The van der Waals surface area contributed by atoms with E-state index in [-0.39, 0.29) is 47.6 Å². The van der Waals surface area contributed by atoms with Crippen LogP contribution in [0.4, 0.5) is 0 Å².